The van der Waals surface area contributed by atoms with Crippen LogP contribution in [0.25, 0.3) is 0 Å². The van der Waals surface area contributed by atoms with Gasteiger partial charge in [-0.2, -0.15) is 13.2 Å². The minimum absolute atomic E-state index is 0.0459. The molecule has 1 atom stereocenters. The van der Waals surface area contributed by atoms with Crippen molar-refractivity contribution in [2.45, 2.75) is 18.6 Å². The van der Waals surface area contributed by atoms with E-state index in [0.29, 0.717) is 6.42 Å². The van der Waals surface area contributed by atoms with E-state index < -0.39 is 30.5 Å². The molecule has 3 aromatic rings. The molecule has 1 heterocycles. The average molecular weight is 409 g/mol. The number of amides is 2. The van der Waals surface area contributed by atoms with Crippen LogP contribution < -0.4 is 15.3 Å². The van der Waals surface area contributed by atoms with Crippen molar-refractivity contribution in [3.63, 3.8) is 0 Å². The Kier molecular flexibility index (Phi) is 6.10. The highest BCUT2D eigenvalue weighted by Gasteiger charge is 2.30. The predicted octanol–water partition coefficient (Wildman–Crippen LogP) is 4.38. The summed E-state index contributed by atoms with van der Waals surface area (Å²) >= 11 is 0. The van der Waals surface area contributed by atoms with E-state index in [9.17, 15) is 22.4 Å². The van der Waals surface area contributed by atoms with Crippen LogP contribution in [0, 0.1) is 0 Å². The average Bonchev–Trinajstić information content (AvgIpc) is 3.14. The van der Waals surface area contributed by atoms with Gasteiger partial charge in [-0.15, -0.1) is 0 Å². The lowest BCUT2D eigenvalue weighted by Crippen LogP contribution is -2.43. The number of hydrogen-bond donors (Lipinski definition) is 2. The van der Waals surface area contributed by atoms with Crippen LogP contribution in [0.15, 0.2) is 65.3 Å². The highest BCUT2D eigenvalue weighted by molar-refractivity contribution is 5.98. The number of nitrogens with zero attached hydrogens (tertiary/aromatic N) is 2. The van der Waals surface area contributed by atoms with E-state index in [2.05, 4.69) is 15.9 Å². The molecule has 2 aromatic carbocycles. The lowest BCUT2D eigenvalue weighted by Gasteiger charge is -2.09. The van der Waals surface area contributed by atoms with Crippen LogP contribution in [0.5, 0.6) is 0 Å². The number of benzene rings is 2. The number of rotatable bonds is 6. The van der Waals surface area contributed by atoms with Gasteiger partial charge in [-0.05, 0) is 28.4 Å². The van der Waals surface area contributed by atoms with Gasteiger partial charge in [0, 0.05) is 12.1 Å². The highest BCUT2D eigenvalue weighted by atomic mass is 19.4. The zero-order valence-corrected chi connectivity index (χ0v) is 15.0. The largest absolute Gasteiger partial charge is 0.416 e. The quantitative estimate of drug-likeness (QED) is 0.469. The molecule has 152 valence electrons. The van der Waals surface area contributed by atoms with E-state index in [-0.39, 0.29) is 11.6 Å². The monoisotopic (exact) mass is 409 g/mol. The van der Waals surface area contributed by atoms with E-state index in [1.807, 2.05) is 30.3 Å². The van der Waals surface area contributed by atoms with Gasteiger partial charge in [0.1, 0.15) is 0 Å². The Bertz CT molecular complexity index is 960. The van der Waals surface area contributed by atoms with Crippen molar-refractivity contribution in [2.75, 3.05) is 17.3 Å². The molecule has 0 aliphatic heterocycles. The molecule has 3 rings (SSSR count). The molecule has 0 spiro atoms. The van der Waals surface area contributed by atoms with Gasteiger partial charge < -0.3 is 5.32 Å². The Hall–Kier alpha value is -3.43. The maximum absolute atomic E-state index is 13.4. The molecule has 0 radical (unpaired) electrons. The molecule has 0 saturated heterocycles. The summed E-state index contributed by atoms with van der Waals surface area (Å²) in [4.78, 5) is 12.0. The number of aromatic nitrogens is 2. The fourth-order valence-corrected chi connectivity index (χ4v) is 2.64. The van der Waals surface area contributed by atoms with Crippen molar-refractivity contribution < 1.29 is 31.6 Å². The Morgan fingerprint density at radius 3 is 2.55 bits per heavy atom. The van der Waals surface area contributed by atoms with Crippen LogP contribution in [0.4, 0.5) is 33.9 Å². The van der Waals surface area contributed by atoms with Gasteiger partial charge in [-0.1, -0.05) is 36.4 Å². The standard InChI is InChI=1S/C19H16F4N4O2/c20-11-16(9-13-5-2-1-3-6-13)27-12-17(29-26-27)25-18(28)24-15-8-4-7-14(10-15)19(21,22)23/h1-8,10,12,16H,9,11H2,(H-,24,25,26,28)/p+1. The smallest absolute Gasteiger partial charge is 0.308 e. The molecule has 0 fully saturated rings. The van der Waals surface area contributed by atoms with Crippen molar-refractivity contribution in [1.82, 2.24) is 5.27 Å². The van der Waals surface area contributed by atoms with Crippen LogP contribution in [-0.2, 0) is 12.6 Å². The second kappa shape index (κ2) is 8.72. The number of carbonyl (C=O) groups excluding carboxylic acids is 1. The highest BCUT2D eigenvalue weighted by Crippen LogP contribution is 2.30. The zero-order chi connectivity index (χ0) is 20.9. The second-order valence-electron chi connectivity index (χ2n) is 6.20. The van der Waals surface area contributed by atoms with Gasteiger partial charge in [0.2, 0.25) is 11.3 Å². The molecule has 2 amide bonds. The molecular formula is C19H17F4N4O2+. The van der Waals surface area contributed by atoms with Gasteiger partial charge >= 0.3 is 18.1 Å². The Morgan fingerprint density at radius 2 is 1.86 bits per heavy atom. The first kappa shape index (κ1) is 20.3. The molecule has 0 bridgehead atoms. The Morgan fingerprint density at radius 1 is 1.10 bits per heavy atom. The van der Waals surface area contributed by atoms with Crippen molar-refractivity contribution in [1.29, 1.82) is 0 Å². The minimum atomic E-state index is -4.52. The van der Waals surface area contributed by atoms with Crippen LogP contribution in [0.3, 0.4) is 0 Å². The van der Waals surface area contributed by atoms with Crippen molar-refractivity contribution >= 4 is 17.6 Å². The van der Waals surface area contributed by atoms with Crippen molar-refractivity contribution in [2.24, 2.45) is 0 Å². The molecule has 0 aliphatic carbocycles. The molecule has 2 N–H and O–H groups in total. The topological polar surface area (TPSA) is 71.0 Å². The number of alkyl halides is 4. The third-order valence-corrected chi connectivity index (χ3v) is 4.03. The van der Waals surface area contributed by atoms with Gasteiger partial charge in [-0.3, -0.25) is 9.84 Å². The van der Waals surface area contributed by atoms with Gasteiger partial charge in [0.25, 0.3) is 6.20 Å². The van der Waals surface area contributed by atoms with Crippen LogP contribution >= 0.6 is 0 Å². The SMILES string of the molecule is O=C(Nc1cccc(C(F)(F)F)c1)Nc1c[n+](C(CF)Cc2ccccc2)no1. The first-order chi connectivity index (χ1) is 13.8. The minimum Gasteiger partial charge on any atom is -0.308 e. The summed E-state index contributed by atoms with van der Waals surface area (Å²) in [6.07, 6.45) is -2.85. The summed E-state index contributed by atoms with van der Waals surface area (Å²) in [5, 5.41) is 8.28. The first-order valence-corrected chi connectivity index (χ1v) is 8.58. The number of hydrogen-bond acceptors (Lipinski definition) is 3. The third kappa shape index (κ3) is 5.53. The fourth-order valence-electron chi connectivity index (χ4n) is 2.64. The molecule has 0 saturated carbocycles. The fraction of sp³-hybridized carbons (Fsp3) is 0.211. The molecule has 6 nitrogen and oxygen atoms in total. The summed E-state index contributed by atoms with van der Waals surface area (Å²) in [5.74, 6) is -0.0824. The van der Waals surface area contributed by atoms with Gasteiger partial charge in [0.05, 0.1) is 5.56 Å². The molecule has 1 unspecified atom stereocenters. The number of anilines is 2. The predicted molar refractivity (Wildman–Crippen MR) is 95.9 cm³/mol. The zero-order valence-electron chi connectivity index (χ0n) is 15.0. The summed E-state index contributed by atoms with van der Waals surface area (Å²) in [6, 6.07) is 12.0. The summed E-state index contributed by atoms with van der Waals surface area (Å²) in [6.45, 7) is -0.706. The number of carbonyl (C=O) groups is 1. The van der Waals surface area contributed by atoms with Crippen LogP contribution in [0.1, 0.15) is 17.2 Å². The number of nitrogens with one attached hydrogen (secondary N) is 2. The number of halogens is 4. The van der Waals surface area contributed by atoms with Crippen LogP contribution in [0.2, 0.25) is 0 Å². The van der Waals surface area contributed by atoms with Crippen molar-refractivity contribution in [3.8, 4) is 0 Å². The van der Waals surface area contributed by atoms with Crippen molar-refractivity contribution in [3.05, 3.63) is 71.9 Å². The molecule has 1 aromatic heterocycles. The van der Waals surface area contributed by atoms with E-state index in [1.54, 1.807) is 0 Å². The normalized spacial score (nSPS) is 12.4. The van der Waals surface area contributed by atoms with Gasteiger partial charge in [-0.25, -0.2) is 9.18 Å². The van der Waals surface area contributed by atoms with E-state index in [0.717, 1.165) is 17.7 Å². The summed E-state index contributed by atoms with van der Waals surface area (Å²) in [5.41, 5.74) is -0.0302. The first-order valence-electron chi connectivity index (χ1n) is 8.58. The second-order valence-corrected chi connectivity index (χ2v) is 6.20. The lowest BCUT2D eigenvalue weighted by atomic mass is 10.1. The van der Waals surface area contributed by atoms with E-state index >= 15 is 0 Å². The maximum atomic E-state index is 13.4. The summed E-state index contributed by atoms with van der Waals surface area (Å²) in [7, 11) is 0. The molecule has 10 heteroatoms. The van der Waals surface area contributed by atoms with E-state index in [1.165, 1.54) is 23.0 Å². The molecular weight excluding hydrogens is 392 g/mol. The third-order valence-electron chi connectivity index (χ3n) is 4.03. The summed E-state index contributed by atoms with van der Waals surface area (Å²) < 4.78 is 57.8. The van der Waals surface area contributed by atoms with E-state index in [4.69, 9.17) is 4.52 Å². The molecule has 0 aliphatic rings. The molecule has 29 heavy (non-hydrogen) atoms. The maximum Gasteiger partial charge on any atom is 0.416 e. The lowest BCUT2D eigenvalue weighted by molar-refractivity contribution is -0.785. The van der Waals surface area contributed by atoms with Crippen LogP contribution in [-0.4, -0.2) is 18.0 Å². The number of urea groups is 1. The Labute approximate surface area is 163 Å². The Balaban J connectivity index is 1.63. The van der Waals surface area contributed by atoms with Gasteiger partial charge in [0.15, 0.2) is 6.67 Å².